The average Bonchev–Trinajstić information content (AvgIpc) is 2.66. The van der Waals surface area contributed by atoms with Crippen LogP contribution in [0.1, 0.15) is 44.1 Å². The molecule has 4 rings (SSSR count). The van der Waals surface area contributed by atoms with Gasteiger partial charge in [0.1, 0.15) is 6.79 Å². The van der Waals surface area contributed by atoms with Crippen molar-refractivity contribution >= 4 is 17.7 Å². The van der Waals surface area contributed by atoms with Gasteiger partial charge in [-0.15, -0.1) is 11.8 Å². The normalized spacial score (nSPS) is 38.2. The third-order valence-electron chi connectivity index (χ3n) is 6.62. The van der Waals surface area contributed by atoms with Crippen molar-refractivity contribution in [2.75, 3.05) is 21.0 Å². The molecule has 2 fully saturated rings. The van der Waals surface area contributed by atoms with Crippen molar-refractivity contribution in [1.29, 1.82) is 0 Å². The van der Waals surface area contributed by atoms with Gasteiger partial charge in [0, 0.05) is 17.3 Å². The van der Waals surface area contributed by atoms with Gasteiger partial charge in [-0.3, -0.25) is 4.79 Å². The maximum absolute atomic E-state index is 12.6. The van der Waals surface area contributed by atoms with E-state index in [4.69, 9.17) is 14.2 Å². The maximum Gasteiger partial charge on any atom is 0.311 e. The lowest BCUT2D eigenvalue weighted by Crippen LogP contribution is -2.52. The summed E-state index contributed by atoms with van der Waals surface area (Å²) in [5.74, 6) is 1.45. The molecule has 0 bridgehead atoms. The predicted octanol–water partition coefficient (Wildman–Crippen LogP) is 4.23. The van der Waals surface area contributed by atoms with Gasteiger partial charge in [-0.2, -0.15) is 0 Å². The molecule has 3 aliphatic rings. The van der Waals surface area contributed by atoms with Gasteiger partial charge in [-0.1, -0.05) is 18.2 Å². The molecular weight excluding hydrogens is 348 g/mol. The lowest BCUT2D eigenvalue weighted by molar-refractivity contribution is -0.158. The molecule has 26 heavy (non-hydrogen) atoms. The number of esters is 1. The van der Waals surface area contributed by atoms with Crippen LogP contribution in [0.15, 0.2) is 29.2 Å². The zero-order valence-electron chi connectivity index (χ0n) is 15.8. The first-order valence-corrected chi connectivity index (χ1v) is 10.4. The van der Waals surface area contributed by atoms with Gasteiger partial charge in [0.15, 0.2) is 0 Å². The minimum atomic E-state index is -0.388. The zero-order chi connectivity index (χ0) is 18.3. The first-order chi connectivity index (χ1) is 12.6. The van der Waals surface area contributed by atoms with Crippen molar-refractivity contribution in [2.45, 2.75) is 54.8 Å². The Bertz CT molecular complexity index is 678. The molecule has 0 saturated heterocycles. The van der Waals surface area contributed by atoms with Crippen LogP contribution in [-0.2, 0) is 19.0 Å². The summed E-state index contributed by atoms with van der Waals surface area (Å²) in [5, 5.41) is 0.436. The summed E-state index contributed by atoms with van der Waals surface area (Å²) in [4.78, 5) is 13.9. The second-order valence-corrected chi connectivity index (χ2v) is 9.43. The van der Waals surface area contributed by atoms with Crippen molar-refractivity contribution in [2.24, 2.45) is 17.3 Å². The average molecular weight is 377 g/mol. The standard InChI is InChI=1S/C21H28O4S/c1-21(20(22)24-3)10-13-8-9-16(25-12-23-2)19-18(13)15(11-21)14-6-4-5-7-17(14)26-19/h4-7,13,15-16,18-19H,8-12H2,1-3H3/t13-,15+,16-,18?,19+,21+/m0/s1. The second kappa shape index (κ2) is 7.17. The van der Waals surface area contributed by atoms with E-state index >= 15 is 0 Å². The fraction of sp³-hybridized carbons (Fsp3) is 0.667. The molecule has 2 aliphatic carbocycles. The number of thioether (sulfide) groups is 1. The summed E-state index contributed by atoms with van der Waals surface area (Å²) in [5.41, 5.74) is 1.02. The Morgan fingerprint density at radius 2 is 2.04 bits per heavy atom. The topological polar surface area (TPSA) is 44.8 Å². The van der Waals surface area contributed by atoms with Gasteiger partial charge in [-0.25, -0.2) is 0 Å². The van der Waals surface area contributed by atoms with Crippen LogP contribution in [0.5, 0.6) is 0 Å². The molecule has 1 unspecified atom stereocenters. The highest BCUT2D eigenvalue weighted by atomic mass is 32.2. The molecule has 142 valence electrons. The molecule has 1 aliphatic heterocycles. The largest absolute Gasteiger partial charge is 0.469 e. The molecule has 0 N–H and O–H groups in total. The molecule has 4 nitrogen and oxygen atoms in total. The van der Waals surface area contributed by atoms with Gasteiger partial charge >= 0.3 is 5.97 Å². The first-order valence-electron chi connectivity index (χ1n) is 9.52. The quantitative estimate of drug-likeness (QED) is 0.581. The number of methoxy groups -OCH3 is 2. The van der Waals surface area contributed by atoms with Crippen LogP contribution in [0, 0.1) is 17.3 Å². The SMILES string of the molecule is COCO[C@H]1CC[C@H]2C[C@@](C)(C(=O)OC)C[C@@H]3c4ccccc4S[C@H]1C23. The Hall–Kier alpha value is -1.04. The highest BCUT2D eigenvalue weighted by Crippen LogP contribution is 2.61. The van der Waals surface area contributed by atoms with Gasteiger partial charge in [-0.05, 0) is 62.0 Å². The predicted molar refractivity (Wildman–Crippen MR) is 101 cm³/mol. The van der Waals surface area contributed by atoms with Crippen LogP contribution < -0.4 is 0 Å². The highest BCUT2D eigenvalue weighted by molar-refractivity contribution is 8.00. The van der Waals surface area contributed by atoms with Crippen LogP contribution in [0.2, 0.25) is 0 Å². The van der Waals surface area contributed by atoms with E-state index in [2.05, 4.69) is 31.2 Å². The lowest BCUT2D eigenvalue weighted by atomic mass is 9.55. The molecule has 6 atom stereocenters. The minimum absolute atomic E-state index is 0.0547. The summed E-state index contributed by atoms with van der Waals surface area (Å²) < 4.78 is 16.4. The summed E-state index contributed by atoms with van der Waals surface area (Å²) in [6.45, 7) is 2.45. The number of hydrogen-bond donors (Lipinski definition) is 0. The van der Waals surface area contributed by atoms with E-state index in [0.29, 0.717) is 29.8 Å². The number of hydrogen-bond acceptors (Lipinski definition) is 5. The van der Waals surface area contributed by atoms with Crippen LogP contribution in [0.3, 0.4) is 0 Å². The highest BCUT2D eigenvalue weighted by Gasteiger charge is 2.56. The van der Waals surface area contributed by atoms with E-state index in [9.17, 15) is 4.79 Å². The Morgan fingerprint density at radius 3 is 2.81 bits per heavy atom. The molecule has 1 aromatic carbocycles. The van der Waals surface area contributed by atoms with Gasteiger partial charge < -0.3 is 14.2 Å². The Labute approximate surface area is 160 Å². The molecule has 2 saturated carbocycles. The zero-order valence-corrected chi connectivity index (χ0v) is 16.6. The number of fused-ring (bicyclic) bond motifs is 2. The van der Waals surface area contributed by atoms with Gasteiger partial charge in [0.05, 0.1) is 18.6 Å². The summed E-state index contributed by atoms with van der Waals surface area (Å²) in [7, 11) is 3.20. The fourth-order valence-electron chi connectivity index (χ4n) is 5.59. The Balaban J connectivity index is 1.71. The third kappa shape index (κ3) is 2.98. The lowest BCUT2D eigenvalue weighted by Gasteiger charge is -2.55. The van der Waals surface area contributed by atoms with Crippen molar-refractivity contribution in [1.82, 2.24) is 0 Å². The monoisotopic (exact) mass is 376 g/mol. The molecular formula is C21H28O4S. The Kier molecular flexibility index (Phi) is 5.06. The van der Waals surface area contributed by atoms with Gasteiger partial charge in [0.2, 0.25) is 0 Å². The smallest absolute Gasteiger partial charge is 0.311 e. The molecule has 1 aromatic rings. The van der Waals surface area contributed by atoms with E-state index in [0.717, 1.165) is 25.7 Å². The van der Waals surface area contributed by atoms with Crippen LogP contribution in [-0.4, -0.2) is 38.3 Å². The summed E-state index contributed by atoms with van der Waals surface area (Å²) in [6, 6.07) is 8.71. The molecule has 0 aromatic heterocycles. The maximum atomic E-state index is 12.6. The number of carbonyl (C=O) groups is 1. The van der Waals surface area contributed by atoms with Gasteiger partial charge in [0.25, 0.3) is 0 Å². The molecule has 5 heteroatoms. The van der Waals surface area contributed by atoms with Crippen molar-refractivity contribution in [3.05, 3.63) is 29.8 Å². The number of carbonyl (C=O) groups excluding carboxylic acids is 1. The van der Waals surface area contributed by atoms with E-state index in [1.54, 1.807) is 7.11 Å². The number of rotatable bonds is 4. The van der Waals surface area contributed by atoms with Crippen LogP contribution >= 0.6 is 11.8 Å². The second-order valence-electron chi connectivity index (χ2n) is 8.21. The van der Waals surface area contributed by atoms with Crippen LogP contribution in [0.4, 0.5) is 0 Å². The number of ether oxygens (including phenoxy) is 3. The van der Waals surface area contributed by atoms with E-state index < -0.39 is 0 Å². The first kappa shape index (κ1) is 18.3. The van der Waals surface area contributed by atoms with Crippen molar-refractivity contribution < 1.29 is 19.0 Å². The third-order valence-corrected chi connectivity index (χ3v) is 8.14. The minimum Gasteiger partial charge on any atom is -0.469 e. The van der Waals surface area contributed by atoms with Crippen molar-refractivity contribution in [3.63, 3.8) is 0 Å². The van der Waals surface area contributed by atoms with E-state index in [1.807, 2.05) is 11.8 Å². The van der Waals surface area contributed by atoms with Crippen LogP contribution in [0.25, 0.3) is 0 Å². The van der Waals surface area contributed by atoms with E-state index in [1.165, 1.54) is 17.6 Å². The summed E-state index contributed by atoms with van der Waals surface area (Å²) in [6.07, 6.45) is 4.16. The summed E-state index contributed by atoms with van der Waals surface area (Å²) >= 11 is 1.97. The van der Waals surface area contributed by atoms with E-state index in [-0.39, 0.29) is 17.5 Å². The number of benzene rings is 1. The van der Waals surface area contributed by atoms with Crippen molar-refractivity contribution in [3.8, 4) is 0 Å². The fourth-order valence-corrected chi connectivity index (χ4v) is 7.33. The molecule has 0 amide bonds. The molecule has 1 heterocycles. The molecule has 0 radical (unpaired) electrons. The Morgan fingerprint density at radius 1 is 1.23 bits per heavy atom. The molecule has 0 spiro atoms.